The molecule has 4 heteroatoms. The molecule has 0 unspecified atom stereocenters. The second kappa shape index (κ2) is 5.40. The molecular weight excluding hydrogens is 250 g/mol. The van der Waals surface area contributed by atoms with Crippen LogP contribution in [0.25, 0.3) is 0 Å². The zero-order valence-corrected chi connectivity index (χ0v) is 13.0. The second-order valence-corrected chi connectivity index (χ2v) is 7.28. The molecule has 112 valence electrons. The lowest BCUT2D eigenvalue weighted by Gasteiger charge is -2.37. The number of anilines is 1. The summed E-state index contributed by atoms with van der Waals surface area (Å²) < 4.78 is 5.66. The highest BCUT2D eigenvalue weighted by Gasteiger charge is 2.30. The van der Waals surface area contributed by atoms with Crippen molar-refractivity contribution in [3.63, 3.8) is 0 Å². The minimum atomic E-state index is 0.507. The molecule has 0 radical (unpaired) electrons. The second-order valence-electron chi connectivity index (χ2n) is 7.28. The van der Waals surface area contributed by atoms with E-state index in [2.05, 4.69) is 36.1 Å². The first-order valence-electron chi connectivity index (χ1n) is 7.94. The molecule has 4 nitrogen and oxygen atoms in total. The van der Waals surface area contributed by atoms with Crippen LogP contribution in [0, 0.1) is 5.41 Å². The predicted molar refractivity (Wildman–Crippen MR) is 80.8 cm³/mol. The maximum atomic E-state index is 5.66. The van der Waals surface area contributed by atoms with Crippen molar-refractivity contribution < 1.29 is 4.42 Å². The van der Waals surface area contributed by atoms with E-state index in [4.69, 9.17) is 4.42 Å². The molecule has 0 saturated heterocycles. The van der Waals surface area contributed by atoms with Crippen LogP contribution in [0.5, 0.6) is 0 Å². The van der Waals surface area contributed by atoms with Gasteiger partial charge >= 0.3 is 0 Å². The summed E-state index contributed by atoms with van der Waals surface area (Å²) in [6.45, 7) is 5.58. The Bertz CT molecular complexity index is 440. The molecule has 2 saturated carbocycles. The van der Waals surface area contributed by atoms with Crippen molar-refractivity contribution in [1.29, 1.82) is 0 Å². The van der Waals surface area contributed by atoms with E-state index < -0.39 is 0 Å². The first kappa shape index (κ1) is 13.9. The third-order valence-electron chi connectivity index (χ3n) is 4.85. The predicted octanol–water partition coefficient (Wildman–Crippen LogP) is 3.33. The number of rotatable bonds is 5. The van der Waals surface area contributed by atoms with Crippen molar-refractivity contribution in [3.8, 4) is 0 Å². The van der Waals surface area contributed by atoms with Crippen LogP contribution in [0.2, 0.25) is 0 Å². The van der Waals surface area contributed by atoms with Gasteiger partial charge in [-0.15, -0.1) is 0 Å². The summed E-state index contributed by atoms with van der Waals surface area (Å²) in [5.74, 6) is 0. The van der Waals surface area contributed by atoms with Gasteiger partial charge in [-0.1, -0.05) is 13.8 Å². The molecule has 0 amide bonds. The Balaban J connectivity index is 1.55. The van der Waals surface area contributed by atoms with Crippen molar-refractivity contribution in [1.82, 2.24) is 10.3 Å². The van der Waals surface area contributed by atoms with E-state index in [0.717, 1.165) is 18.3 Å². The SMILES string of the molecule is CN(c1nc(CNC2CC2)co1)C1CCC(C)(C)CC1. The van der Waals surface area contributed by atoms with E-state index in [1.165, 1.54) is 38.5 Å². The number of nitrogens with zero attached hydrogens (tertiary/aromatic N) is 2. The standard InChI is InChI=1S/C16H27N3O/c1-16(2)8-6-14(7-9-16)19(3)15-18-13(11-20-15)10-17-12-4-5-12/h11-12,14,17H,4-10H2,1-3H3. The summed E-state index contributed by atoms with van der Waals surface area (Å²) in [6, 6.07) is 2.07. The smallest absolute Gasteiger partial charge is 0.297 e. The zero-order valence-electron chi connectivity index (χ0n) is 13.0. The van der Waals surface area contributed by atoms with Gasteiger partial charge < -0.3 is 14.6 Å². The Kier molecular flexibility index (Phi) is 3.76. The van der Waals surface area contributed by atoms with Crippen LogP contribution in [-0.2, 0) is 6.54 Å². The molecule has 0 bridgehead atoms. The van der Waals surface area contributed by atoms with Gasteiger partial charge in [-0.3, -0.25) is 0 Å². The van der Waals surface area contributed by atoms with Crippen LogP contribution in [0.1, 0.15) is 58.1 Å². The van der Waals surface area contributed by atoms with Gasteiger partial charge in [-0.2, -0.15) is 4.98 Å². The Hall–Kier alpha value is -1.03. The lowest BCUT2D eigenvalue weighted by atomic mass is 9.75. The topological polar surface area (TPSA) is 41.3 Å². The number of hydrogen-bond acceptors (Lipinski definition) is 4. The first-order chi connectivity index (χ1) is 9.53. The third kappa shape index (κ3) is 3.35. The minimum Gasteiger partial charge on any atom is -0.432 e. The van der Waals surface area contributed by atoms with Gasteiger partial charge in [0.2, 0.25) is 0 Å². The number of hydrogen-bond donors (Lipinski definition) is 1. The molecule has 0 aromatic carbocycles. The molecule has 2 fully saturated rings. The fourth-order valence-corrected chi connectivity index (χ4v) is 3.00. The van der Waals surface area contributed by atoms with Crippen molar-refractivity contribution >= 4 is 6.01 Å². The molecule has 2 aliphatic carbocycles. The van der Waals surface area contributed by atoms with Gasteiger partial charge in [-0.05, 0) is 43.9 Å². The Morgan fingerprint density at radius 3 is 2.65 bits per heavy atom. The summed E-state index contributed by atoms with van der Waals surface area (Å²) in [5.41, 5.74) is 1.53. The largest absolute Gasteiger partial charge is 0.432 e. The molecule has 1 aromatic heterocycles. The van der Waals surface area contributed by atoms with E-state index in [-0.39, 0.29) is 0 Å². The van der Waals surface area contributed by atoms with Gasteiger partial charge in [0.15, 0.2) is 0 Å². The van der Waals surface area contributed by atoms with E-state index in [0.29, 0.717) is 17.5 Å². The van der Waals surface area contributed by atoms with Gasteiger partial charge in [0.05, 0.1) is 5.69 Å². The van der Waals surface area contributed by atoms with Gasteiger partial charge in [-0.25, -0.2) is 0 Å². The van der Waals surface area contributed by atoms with Crippen LogP contribution < -0.4 is 10.2 Å². The van der Waals surface area contributed by atoms with E-state index in [9.17, 15) is 0 Å². The maximum Gasteiger partial charge on any atom is 0.297 e. The third-order valence-corrected chi connectivity index (χ3v) is 4.85. The number of aromatic nitrogens is 1. The molecule has 0 spiro atoms. The Morgan fingerprint density at radius 2 is 2.00 bits per heavy atom. The highest BCUT2D eigenvalue weighted by atomic mass is 16.4. The molecule has 0 aliphatic heterocycles. The summed E-state index contributed by atoms with van der Waals surface area (Å²) in [7, 11) is 2.12. The van der Waals surface area contributed by atoms with Crippen LogP contribution in [0.15, 0.2) is 10.7 Å². The van der Waals surface area contributed by atoms with E-state index >= 15 is 0 Å². The highest BCUT2D eigenvalue weighted by Crippen LogP contribution is 2.37. The normalized spacial score (nSPS) is 22.9. The van der Waals surface area contributed by atoms with Crippen LogP contribution in [0.4, 0.5) is 6.01 Å². The van der Waals surface area contributed by atoms with Crippen LogP contribution in [0.3, 0.4) is 0 Å². The molecule has 3 rings (SSSR count). The summed E-state index contributed by atoms with van der Waals surface area (Å²) >= 11 is 0. The average Bonchev–Trinajstić information content (AvgIpc) is 3.13. The summed E-state index contributed by atoms with van der Waals surface area (Å²) in [5, 5.41) is 3.47. The van der Waals surface area contributed by atoms with E-state index in [1.54, 1.807) is 6.26 Å². The van der Waals surface area contributed by atoms with Crippen molar-refractivity contribution in [2.45, 2.75) is 71.0 Å². The van der Waals surface area contributed by atoms with Crippen molar-refractivity contribution in [2.75, 3.05) is 11.9 Å². The van der Waals surface area contributed by atoms with E-state index in [1.807, 2.05) is 0 Å². The fraction of sp³-hybridized carbons (Fsp3) is 0.812. The Morgan fingerprint density at radius 1 is 1.30 bits per heavy atom. The maximum absolute atomic E-state index is 5.66. The first-order valence-corrected chi connectivity index (χ1v) is 7.94. The quantitative estimate of drug-likeness (QED) is 0.896. The molecule has 0 atom stereocenters. The van der Waals surface area contributed by atoms with Crippen LogP contribution >= 0.6 is 0 Å². The molecular formula is C16H27N3O. The lowest BCUT2D eigenvalue weighted by Crippen LogP contribution is -2.37. The monoisotopic (exact) mass is 277 g/mol. The van der Waals surface area contributed by atoms with Gasteiger partial charge in [0.25, 0.3) is 6.01 Å². The zero-order chi connectivity index (χ0) is 14.2. The van der Waals surface area contributed by atoms with Gasteiger partial charge in [0.1, 0.15) is 6.26 Å². The average molecular weight is 277 g/mol. The Labute approximate surface area is 121 Å². The highest BCUT2D eigenvalue weighted by molar-refractivity contribution is 5.27. The number of nitrogens with one attached hydrogen (secondary N) is 1. The molecule has 1 aromatic rings. The minimum absolute atomic E-state index is 0.507. The number of oxazole rings is 1. The summed E-state index contributed by atoms with van der Waals surface area (Å²) in [6.07, 6.45) is 9.47. The van der Waals surface area contributed by atoms with Crippen molar-refractivity contribution in [2.24, 2.45) is 5.41 Å². The molecule has 1 heterocycles. The molecule has 1 N–H and O–H groups in total. The molecule has 2 aliphatic rings. The summed E-state index contributed by atoms with van der Waals surface area (Å²) in [4.78, 5) is 6.85. The van der Waals surface area contributed by atoms with Gasteiger partial charge in [0, 0.05) is 25.7 Å². The van der Waals surface area contributed by atoms with Crippen molar-refractivity contribution in [3.05, 3.63) is 12.0 Å². The van der Waals surface area contributed by atoms with Crippen LogP contribution in [-0.4, -0.2) is 24.1 Å². The fourth-order valence-electron chi connectivity index (χ4n) is 3.00. The molecule has 20 heavy (non-hydrogen) atoms. The lowest BCUT2D eigenvalue weighted by molar-refractivity contribution is 0.220.